The second-order valence-electron chi connectivity index (χ2n) is 4.17. The number of benzene rings is 2. The van der Waals surface area contributed by atoms with Gasteiger partial charge in [-0.1, -0.05) is 18.2 Å². The highest BCUT2D eigenvalue weighted by Gasteiger charge is 2.07. The van der Waals surface area contributed by atoms with Gasteiger partial charge in [-0.25, -0.2) is 9.69 Å². The van der Waals surface area contributed by atoms with Crippen LogP contribution in [0.25, 0.3) is 9.69 Å². The molecule has 0 fully saturated rings. The van der Waals surface area contributed by atoms with Gasteiger partial charge < -0.3 is 4.74 Å². The Bertz CT molecular complexity index is 706. The molecule has 0 saturated heterocycles. The van der Waals surface area contributed by atoms with Gasteiger partial charge in [0.05, 0.1) is 13.1 Å². The summed E-state index contributed by atoms with van der Waals surface area (Å²) in [4.78, 5) is 6.87. The Morgan fingerprint density at radius 1 is 0.947 bits per heavy atom. The van der Waals surface area contributed by atoms with Crippen molar-refractivity contribution in [1.29, 1.82) is 0 Å². The second-order valence-corrected chi connectivity index (χ2v) is 4.17. The molecule has 3 nitrogen and oxygen atoms in total. The largest absolute Gasteiger partial charge is 0.459 e. The zero-order valence-corrected chi connectivity index (χ0v) is 10.8. The highest BCUT2D eigenvalue weighted by molar-refractivity contribution is 5.59. The van der Waals surface area contributed by atoms with Gasteiger partial charge in [-0.05, 0) is 43.2 Å². The van der Waals surface area contributed by atoms with E-state index in [0.29, 0.717) is 22.9 Å². The van der Waals surface area contributed by atoms with Crippen LogP contribution in [-0.4, -0.2) is 0 Å². The minimum Gasteiger partial charge on any atom is -0.459 e. The van der Waals surface area contributed by atoms with E-state index in [4.69, 9.17) is 17.9 Å². The van der Waals surface area contributed by atoms with Crippen LogP contribution in [0.4, 0.5) is 11.4 Å². The van der Waals surface area contributed by atoms with Crippen LogP contribution in [-0.2, 0) is 0 Å². The van der Waals surface area contributed by atoms with E-state index in [1.807, 2.05) is 26.0 Å². The van der Waals surface area contributed by atoms with Crippen molar-refractivity contribution in [2.75, 3.05) is 0 Å². The molecule has 0 saturated carbocycles. The van der Waals surface area contributed by atoms with E-state index < -0.39 is 0 Å². The van der Waals surface area contributed by atoms with Crippen molar-refractivity contribution < 1.29 is 4.74 Å². The minimum absolute atomic E-state index is 0.590. The molecule has 19 heavy (non-hydrogen) atoms. The maximum absolute atomic E-state index is 7.08. The molecule has 0 amide bonds. The number of ether oxygens (including phenoxy) is 1. The van der Waals surface area contributed by atoms with Gasteiger partial charge in [-0.3, -0.25) is 0 Å². The predicted octanol–water partition coefficient (Wildman–Crippen LogP) is 5.20. The molecule has 0 aliphatic rings. The van der Waals surface area contributed by atoms with Crippen LogP contribution in [0.1, 0.15) is 11.1 Å². The maximum Gasteiger partial charge on any atom is 0.193 e. The Morgan fingerprint density at radius 2 is 1.68 bits per heavy atom. The third-order valence-electron chi connectivity index (χ3n) is 2.89. The van der Waals surface area contributed by atoms with Crippen molar-refractivity contribution >= 4 is 11.4 Å². The molecule has 92 valence electrons. The van der Waals surface area contributed by atoms with E-state index in [-0.39, 0.29) is 0 Å². The van der Waals surface area contributed by atoms with Crippen molar-refractivity contribution in [2.45, 2.75) is 13.8 Å². The van der Waals surface area contributed by atoms with Gasteiger partial charge >= 0.3 is 0 Å². The number of hydrogen-bond donors (Lipinski definition) is 0. The fourth-order valence-electron chi connectivity index (χ4n) is 1.78. The van der Waals surface area contributed by atoms with Gasteiger partial charge in [0.25, 0.3) is 0 Å². The normalized spacial score (nSPS) is 9.47. The average molecular weight is 248 g/mol. The predicted molar refractivity (Wildman–Crippen MR) is 75.0 cm³/mol. The molecule has 0 aromatic heterocycles. The van der Waals surface area contributed by atoms with Crippen LogP contribution in [0.3, 0.4) is 0 Å². The Morgan fingerprint density at radius 3 is 2.32 bits per heavy atom. The molecule has 0 N–H and O–H groups in total. The molecule has 0 radical (unpaired) electrons. The molecule has 0 heterocycles. The Kier molecular flexibility index (Phi) is 3.50. The SMILES string of the molecule is [C-]#[N+]c1ccc(Oc2cccc([N+]#[C-])c2C)cc1C. The zero-order chi connectivity index (χ0) is 13.8. The Labute approximate surface area is 112 Å². The van der Waals surface area contributed by atoms with Crippen LogP contribution in [0.2, 0.25) is 0 Å². The summed E-state index contributed by atoms with van der Waals surface area (Å²) in [6, 6.07) is 10.7. The fourth-order valence-corrected chi connectivity index (χ4v) is 1.78. The molecule has 0 spiro atoms. The fraction of sp³-hybridized carbons (Fsp3) is 0.125. The number of rotatable bonds is 2. The second kappa shape index (κ2) is 5.25. The molecule has 3 heteroatoms. The van der Waals surface area contributed by atoms with Crippen molar-refractivity contribution in [2.24, 2.45) is 0 Å². The summed E-state index contributed by atoms with van der Waals surface area (Å²) < 4.78 is 5.79. The van der Waals surface area contributed by atoms with E-state index in [9.17, 15) is 0 Å². The van der Waals surface area contributed by atoms with Crippen molar-refractivity contribution in [3.8, 4) is 11.5 Å². The first-order chi connectivity index (χ1) is 9.15. The minimum atomic E-state index is 0.590. The number of aryl methyl sites for hydroxylation is 1. The van der Waals surface area contributed by atoms with Gasteiger partial charge in [0, 0.05) is 0 Å². The average Bonchev–Trinajstić information content (AvgIpc) is 2.41. The van der Waals surface area contributed by atoms with Crippen molar-refractivity contribution in [1.82, 2.24) is 0 Å². The third-order valence-corrected chi connectivity index (χ3v) is 2.89. The summed E-state index contributed by atoms with van der Waals surface area (Å²) in [6.45, 7) is 17.8. The molecular formula is C16H12N2O. The van der Waals surface area contributed by atoms with Gasteiger partial charge in [-0.2, -0.15) is 0 Å². The molecule has 2 aromatic carbocycles. The van der Waals surface area contributed by atoms with Crippen molar-refractivity contribution in [3.63, 3.8) is 0 Å². The van der Waals surface area contributed by atoms with Crippen LogP contribution in [0.15, 0.2) is 36.4 Å². The summed E-state index contributed by atoms with van der Waals surface area (Å²) in [5.41, 5.74) is 2.92. The van der Waals surface area contributed by atoms with Crippen molar-refractivity contribution in [3.05, 3.63) is 70.4 Å². The molecular weight excluding hydrogens is 236 g/mol. The first-order valence-corrected chi connectivity index (χ1v) is 5.78. The van der Waals surface area contributed by atoms with Gasteiger partial charge in [0.2, 0.25) is 0 Å². The topological polar surface area (TPSA) is 17.9 Å². The van der Waals surface area contributed by atoms with Crippen LogP contribution >= 0.6 is 0 Å². The van der Waals surface area contributed by atoms with Gasteiger partial charge in [0.1, 0.15) is 11.5 Å². The summed E-state index contributed by atoms with van der Waals surface area (Å²) >= 11 is 0. The lowest BCUT2D eigenvalue weighted by molar-refractivity contribution is 0.479. The molecule has 0 atom stereocenters. The summed E-state index contributed by atoms with van der Waals surface area (Å²) in [5.74, 6) is 1.35. The lowest BCUT2D eigenvalue weighted by Crippen LogP contribution is -1.88. The highest BCUT2D eigenvalue weighted by Crippen LogP contribution is 2.33. The zero-order valence-electron chi connectivity index (χ0n) is 10.8. The summed E-state index contributed by atoms with van der Waals surface area (Å²) in [6.07, 6.45) is 0. The summed E-state index contributed by atoms with van der Waals surface area (Å²) in [5, 5.41) is 0. The van der Waals surface area contributed by atoms with E-state index in [1.165, 1.54) is 0 Å². The number of nitrogens with zero attached hydrogens (tertiary/aromatic N) is 2. The standard InChI is InChI=1S/C16H12N2O/c1-11-10-13(8-9-14(11)17-3)19-16-7-5-6-15(18-4)12(16)2/h5-10H,1-2H3. The summed E-state index contributed by atoms with van der Waals surface area (Å²) in [7, 11) is 0. The smallest absolute Gasteiger partial charge is 0.193 e. The number of hydrogen-bond acceptors (Lipinski definition) is 1. The first-order valence-electron chi connectivity index (χ1n) is 5.78. The third kappa shape index (κ3) is 2.56. The molecule has 0 unspecified atom stereocenters. The Balaban J connectivity index is 2.35. The van der Waals surface area contributed by atoms with E-state index in [1.54, 1.807) is 24.3 Å². The van der Waals surface area contributed by atoms with Crippen LogP contribution in [0, 0.1) is 27.0 Å². The van der Waals surface area contributed by atoms with Gasteiger partial charge in [0.15, 0.2) is 11.4 Å². The monoisotopic (exact) mass is 248 g/mol. The van der Waals surface area contributed by atoms with Crippen LogP contribution in [0.5, 0.6) is 11.5 Å². The Hall–Kier alpha value is -2.78. The van der Waals surface area contributed by atoms with Crippen LogP contribution < -0.4 is 4.74 Å². The molecule has 0 aliphatic heterocycles. The van der Waals surface area contributed by atoms with E-state index in [0.717, 1.165) is 11.1 Å². The van der Waals surface area contributed by atoms with E-state index in [2.05, 4.69) is 9.69 Å². The first kappa shape index (κ1) is 12.7. The molecule has 2 rings (SSSR count). The van der Waals surface area contributed by atoms with E-state index >= 15 is 0 Å². The highest BCUT2D eigenvalue weighted by atomic mass is 16.5. The maximum atomic E-state index is 7.08. The molecule has 0 bridgehead atoms. The lowest BCUT2D eigenvalue weighted by atomic mass is 10.1. The molecule has 0 aliphatic carbocycles. The lowest BCUT2D eigenvalue weighted by Gasteiger charge is -2.10. The quantitative estimate of drug-likeness (QED) is 0.668. The molecule has 2 aromatic rings. The van der Waals surface area contributed by atoms with Gasteiger partial charge in [-0.15, -0.1) is 0 Å².